The van der Waals surface area contributed by atoms with Gasteiger partial charge in [-0.15, -0.1) is 0 Å². The van der Waals surface area contributed by atoms with Gasteiger partial charge < -0.3 is 33.5 Å². The topological polar surface area (TPSA) is 185 Å². The first-order valence-electron chi connectivity index (χ1n) is 27.9. The normalized spacial score (nSPS) is 30.2. The van der Waals surface area contributed by atoms with Gasteiger partial charge in [0.05, 0.1) is 39.5 Å². The number of aliphatic hydroxyl groups is 1. The third-order valence-electron chi connectivity index (χ3n) is 19.3. The van der Waals surface area contributed by atoms with Crippen LogP contribution < -0.4 is 0 Å². The van der Waals surface area contributed by atoms with E-state index in [1.807, 2.05) is 34.6 Å². The molecule has 0 amide bonds. The van der Waals surface area contributed by atoms with Gasteiger partial charge in [-0.2, -0.15) is 5.26 Å². The molecule has 7 unspecified atom stereocenters. The van der Waals surface area contributed by atoms with Gasteiger partial charge in [0.25, 0.3) is 0 Å². The van der Waals surface area contributed by atoms with Gasteiger partial charge in [0.2, 0.25) is 0 Å². The first-order valence-corrected chi connectivity index (χ1v) is 27.9. The Kier molecular flexibility index (Phi) is 16.1. The molecule has 79 heavy (non-hydrogen) atoms. The van der Waals surface area contributed by atoms with Crippen molar-refractivity contribution in [1.82, 2.24) is 0 Å². The number of Topliss-reactive ketones (excluding diaryl/α,β-unsaturated/α-hetero) is 1. The largest absolute Gasteiger partial charge is 0.511 e. The lowest BCUT2D eigenvalue weighted by Crippen LogP contribution is -2.65. The Bertz CT molecular complexity index is 2960. The summed E-state index contributed by atoms with van der Waals surface area (Å²) in [5.74, 6) is -3.56. The van der Waals surface area contributed by atoms with Gasteiger partial charge in [-0.3, -0.25) is 4.79 Å². The fraction of sp³-hybridized carbons (Fsp3) is 0.485. The number of rotatable bonds is 16. The summed E-state index contributed by atoms with van der Waals surface area (Å²) >= 11 is 0. The minimum atomic E-state index is -1.80. The zero-order valence-electron chi connectivity index (χ0n) is 46.8. The number of nitrogens with zero attached hydrogens (tertiary/aromatic N) is 1. The highest BCUT2D eigenvalue weighted by molar-refractivity contribution is 5.91. The van der Waals surface area contributed by atoms with E-state index in [1.54, 1.807) is 121 Å². The number of ether oxygens (including phenoxy) is 6. The molecule has 1 heterocycles. The van der Waals surface area contributed by atoms with E-state index in [9.17, 15) is 29.5 Å². The Hall–Kier alpha value is -6.88. The molecule has 4 aromatic carbocycles. The molecular weight excluding hydrogens is 999 g/mol. The predicted molar refractivity (Wildman–Crippen MR) is 295 cm³/mol. The molecule has 1 saturated heterocycles. The fourth-order valence-electron chi connectivity index (χ4n) is 15.1. The molecule has 0 aromatic heterocycles. The molecule has 5 aliphatic rings. The van der Waals surface area contributed by atoms with Gasteiger partial charge in [-0.05, 0) is 148 Å². The second kappa shape index (κ2) is 22.3. The highest BCUT2D eigenvalue weighted by Gasteiger charge is 2.72. The smallest absolute Gasteiger partial charge is 0.338 e. The molecule has 0 radical (unpaired) electrons. The number of nitriles is 1. The number of hydrogen-bond donors (Lipinski definition) is 1. The van der Waals surface area contributed by atoms with Crippen LogP contribution in [0.25, 0.3) is 0 Å². The van der Waals surface area contributed by atoms with Crippen LogP contribution in [0.5, 0.6) is 0 Å². The van der Waals surface area contributed by atoms with Crippen LogP contribution in [0.3, 0.4) is 0 Å². The van der Waals surface area contributed by atoms with Crippen molar-refractivity contribution in [2.45, 2.75) is 143 Å². The summed E-state index contributed by atoms with van der Waals surface area (Å²) in [6, 6.07) is 35.9. The number of carbonyl (C=O) groups is 5. The predicted octanol–water partition coefficient (Wildman–Crippen LogP) is 13.0. The minimum Gasteiger partial charge on any atom is -0.511 e. The van der Waals surface area contributed by atoms with E-state index < -0.39 is 94.9 Å². The van der Waals surface area contributed by atoms with Gasteiger partial charge in [-0.25, -0.2) is 19.2 Å². The zero-order chi connectivity index (χ0) is 56.5. The molecule has 1 N–H and O–H groups in total. The van der Waals surface area contributed by atoms with Crippen molar-refractivity contribution in [3.63, 3.8) is 0 Å². The number of hydrogen-bond acceptors (Lipinski definition) is 13. The number of fused-ring (bicyclic) bond motifs is 5. The molecule has 4 aromatic rings. The summed E-state index contributed by atoms with van der Waals surface area (Å²) in [5, 5.41) is 21.9. The van der Waals surface area contributed by atoms with E-state index in [1.165, 1.54) is 0 Å². The number of allylic oxidation sites excluding steroid dienone is 4. The van der Waals surface area contributed by atoms with Crippen molar-refractivity contribution in [3.8, 4) is 6.07 Å². The number of carbonyl (C=O) groups excluding carboxylic acids is 5. The Morgan fingerprint density at radius 1 is 0.709 bits per heavy atom. The van der Waals surface area contributed by atoms with Crippen LogP contribution >= 0.6 is 0 Å². The Morgan fingerprint density at radius 3 is 1.71 bits per heavy atom. The standard InChI is InChI=1S/C66H75NO12/c1-42(2)22-21-33-65(8,48-31-34-64(7)53(48)49(68)36-52-62(5)37-47(39-67)55(69)61(3,4)51(62)32-35-63(52,64)6)78-60-54(77-59(73)46-29-19-12-20-30-46)50(76-58(72)45-27-17-11-18-28-45)38-66(79-60,40-74-56(70)43-23-13-9-14-24-43)41-75-57(71)44-25-15-10-16-26-44/h9-20,22-30,48,50-54,60,69H,21,31-38,40-41H2,1-8H3/t48?,50?,51?,52?,53?,54?,60-,62+,63-,64-,65?/m1/s1. The minimum absolute atomic E-state index is 0.0418. The van der Waals surface area contributed by atoms with Crippen LogP contribution in [0.1, 0.15) is 155 Å². The SMILES string of the molecule is CC(C)=CCCC(C)(O[C@@H]1OC(COC(=O)c2ccccc2)(COC(=O)c2ccccc2)CC(OC(=O)c2ccccc2)C1OC(=O)c1ccccc1)C1CC[C@]2(C)C1C(=O)CC1[C@@]3(C)CC(C#N)=C(O)C(C)(C)C3CC[C@]12C. The molecule has 13 heteroatoms. The van der Waals surface area contributed by atoms with Crippen molar-refractivity contribution in [3.05, 3.63) is 167 Å². The Balaban J connectivity index is 1.15. The van der Waals surface area contributed by atoms with E-state index in [0.29, 0.717) is 37.7 Å². The summed E-state index contributed by atoms with van der Waals surface area (Å²) < 4.78 is 40.0. The highest BCUT2D eigenvalue weighted by Crippen LogP contribution is 2.75. The lowest BCUT2D eigenvalue weighted by atomic mass is 9.35. The van der Waals surface area contributed by atoms with E-state index in [2.05, 4.69) is 32.9 Å². The lowest BCUT2D eigenvalue weighted by Gasteiger charge is -2.68. The zero-order valence-corrected chi connectivity index (χ0v) is 46.8. The maximum atomic E-state index is 15.7. The number of esters is 4. The molecule has 13 nitrogen and oxygen atoms in total. The van der Waals surface area contributed by atoms with E-state index in [0.717, 1.165) is 18.4 Å². The summed E-state index contributed by atoms with van der Waals surface area (Å²) in [7, 11) is 0. The molecule has 1 aliphatic heterocycles. The van der Waals surface area contributed by atoms with Crippen molar-refractivity contribution < 1.29 is 57.5 Å². The summed E-state index contributed by atoms with van der Waals surface area (Å²) in [5.41, 5.74) is -2.61. The van der Waals surface area contributed by atoms with Crippen LogP contribution in [0.15, 0.2) is 144 Å². The van der Waals surface area contributed by atoms with E-state index >= 15 is 4.79 Å². The van der Waals surface area contributed by atoms with Crippen LogP contribution in [-0.4, -0.2) is 77.7 Å². The first-order chi connectivity index (χ1) is 37.6. The summed E-state index contributed by atoms with van der Waals surface area (Å²) in [6.07, 6.45) is 1.95. The van der Waals surface area contributed by atoms with Gasteiger partial charge in [0, 0.05) is 24.2 Å². The molecule has 3 saturated carbocycles. The molecule has 0 bridgehead atoms. The van der Waals surface area contributed by atoms with Crippen molar-refractivity contribution in [2.24, 2.45) is 45.3 Å². The van der Waals surface area contributed by atoms with E-state index in [-0.39, 0.29) is 63.9 Å². The Labute approximate surface area is 464 Å². The van der Waals surface area contributed by atoms with Crippen molar-refractivity contribution >= 4 is 29.7 Å². The van der Waals surface area contributed by atoms with Gasteiger partial charge in [-0.1, -0.05) is 119 Å². The molecular formula is C66H75NO12. The van der Waals surface area contributed by atoms with E-state index in [4.69, 9.17) is 28.4 Å². The van der Waals surface area contributed by atoms with Gasteiger partial charge in [0.1, 0.15) is 36.5 Å². The molecule has 0 spiro atoms. The second-order valence-corrected chi connectivity index (χ2v) is 24.7. The average Bonchev–Trinajstić information content (AvgIpc) is 2.50. The van der Waals surface area contributed by atoms with Crippen molar-refractivity contribution in [2.75, 3.05) is 13.2 Å². The Morgan fingerprint density at radius 2 is 1.20 bits per heavy atom. The molecule has 416 valence electrons. The number of aliphatic hydroxyl groups excluding tert-OH is 1. The second-order valence-electron chi connectivity index (χ2n) is 24.7. The summed E-state index contributed by atoms with van der Waals surface area (Å²) in [6.45, 7) is 15.9. The van der Waals surface area contributed by atoms with Crippen LogP contribution in [0.2, 0.25) is 0 Å². The molecule has 11 atom stereocenters. The van der Waals surface area contributed by atoms with Crippen LogP contribution in [0, 0.1) is 56.7 Å². The number of benzene rings is 4. The average molecular weight is 1070 g/mol. The quantitative estimate of drug-likeness (QED) is 0.0635. The first kappa shape index (κ1) is 56.8. The molecule has 9 rings (SSSR count). The number of ketones is 1. The summed E-state index contributed by atoms with van der Waals surface area (Å²) in [4.78, 5) is 72.4. The van der Waals surface area contributed by atoms with Gasteiger partial charge >= 0.3 is 23.9 Å². The molecule has 4 fully saturated rings. The highest BCUT2D eigenvalue weighted by atomic mass is 16.7. The van der Waals surface area contributed by atoms with Crippen LogP contribution in [-0.2, 0) is 33.2 Å². The van der Waals surface area contributed by atoms with Crippen LogP contribution in [0.4, 0.5) is 0 Å². The fourth-order valence-corrected chi connectivity index (χ4v) is 15.1. The monoisotopic (exact) mass is 1070 g/mol. The maximum Gasteiger partial charge on any atom is 0.338 e. The lowest BCUT2D eigenvalue weighted by molar-refractivity contribution is -0.341. The third kappa shape index (κ3) is 10.8. The van der Waals surface area contributed by atoms with Crippen molar-refractivity contribution in [1.29, 1.82) is 5.26 Å². The maximum absolute atomic E-state index is 15.7. The molecule has 4 aliphatic carbocycles. The van der Waals surface area contributed by atoms with Gasteiger partial charge in [0.15, 0.2) is 12.4 Å². The third-order valence-corrected chi connectivity index (χ3v) is 19.3.